The van der Waals surface area contributed by atoms with Gasteiger partial charge in [0.1, 0.15) is 0 Å². The predicted octanol–water partition coefficient (Wildman–Crippen LogP) is 3.11. The minimum Gasteiger partial charge on any atom is -0.264 e. The van der Waals surface area contributed by atoms with Crippen molar-refractivity contribution in [2.24, 2.45) is 5.92 Å². The Bertz CT molecular complexity index is 514. The van der Waals surface area contributed by atoms with Gasteiger partial charge in [0.2, 0.25) is 6.04 Å². The molecular formula is C17H25N3O2. The van der Waals surface area contributed by atoms with Gasteiger partial charge in [0.25, 0.3) is 0 Å². The summed E-state index contributed by atoms with van der Waals surface area (Å²) in [5, 5.41) is 15.6. The van der Waals surface area contributed by atoms with Crippen molar-refractivity contribution in [2.75, 3.05) is 14.1 Å². The van der Waals surface area contributed by atoms with Gasteiger partial charge in [-0.05, 0) is 30.7 Å². The van der Waals surface area contributed by atoms with Crippen LogP contribution in [-0.2, 0) is 0 Å². The summed E-state index contributed by atoms with van der Waals surface area (Å²) in [5.41, 5.74) is 1.36. The molecule has 0 radical (unpaired) electrons. The molecule has 0 bridgehead atoms. The molecule has 2 aliphatic rings. The lowest BCUT2D eigenvalue weighted by molar-refractivity contribution is -0.527. The average molecular weight is 303 g/mol. The van der Waals surface area contributed by atoms with E-state index in [4.69, 9.17) is 0 Å². The summed E-state index contributed by atoms with van der Waals surface area (Å²) in [5.74, 6) is 0.581. The fourth-order valence-electron chi connectivity index (χ4n) is 4.21. The molecule has 0 N–H and O–H groups in total. The van der Waals surface area contributed by atoms with E-state index < -0.39 is 0 Å². The van der Waals surface area contributed by atoms with Crippen LogP contribution in [0.1, 0.15) is 43.7 Å². The number of hydrogen-bond donors (Lipinski definition) is 0. The molecule has 2 fully saturated rings. The van der Waals surface area contributed by atoms with Crippen LogP contribution < -0.4 is 0 Å². The molecule has 0 spiro atoms. The van der Waals surface area contributed by atoms with Crippen molar-refractivity contribution in [3.05, 3.63) is 46.0 Å². The van der Waals surface area contributed by atoms with Crippen molar-refractivity contribution in [3.63, 3.8) is 0 Å². The molecule has 1 heterocycles. The Kier molecular flexibility index (Phi) is 4.45. The van der Waals surface area contributed by atoms with Crippen LogP contribution in [0.4, 0.5) is 0 Å². The summed E-state index contributed by atoms with van der Waals surface area (Å²) in [6.07, 6.45) is 4.56. The van der Waals surface area contributed by atoms with Gasteiger partial charge in [-0.3, -0.25) is 10.1 Å². The van der Waals surface area contributed by atoms with E-state index in [1.165, 1.54) is 5.56 Å². The predicted molar refractivity (Wildman–Crippen MR) is 85.9 cm³/mol. The zero-order valence-electron chi connectivity index (χ0n) is 13.4. The van der Waals surface area contributed by atoms with Crippen LogP contribution in [0.5, 0.6) is 0 Å². The number of rotatable bonds is 3. The Hall–Kier alpha value is -1.46. The minimum atomic E-state index is -0.314. The highest BCUT2D eigenvalue weighted by Gasteiger charge is 2.42. The van der Waals surface area contributed by atoms with Gasteiger partial charge < -0.3 is 0 Å². The van der Waals surface area contributed by atoms with Crippen molar-refractivity contribution in [1.29, 1.82) is 0 Å². The van der Waals surface area contributed by atoms with Gasteiger partial charge in [0.05, 0.1) is 6.04 Å². The maximum atomic E-state index is 10.9. The van der Waals surface area contributed by atoms with Gasteiger partial charge in [0, 0.05) is 37.9 Å². The Labute approximate surface area is 132 Å². The van der Waals surface area contributed by atoms with E-state index in [-0.39, 0.29) is 11.0 Å². The summed E-state index contributed by atoms with van der Waals surface area (Å²) < 4.78 is 0. The molecule has 2 atom stereocenters. The molecule has 1 saturated heterocycles. The lowest BCUT2D eigenvalue weighted by Gasteiger charge is -2.34. The van der Waals surface area contributed by atoms with Crippen LogP contribution in [0.2, 0.25) is 0 Å². The Balaban J connectivity index is 1.67. The summed E-state index contributed by atoms with van der Waals surface area (Å²) in [6, 6.07) is 11.2. The molecule has 0 amide bonds. The van der Waals surface area contributed by atoms with Gasteiger partial charge in [-0.2, -0.15) is 0 Å². The van der Waals surface area contributed by atoms with Gasteiger partial charge >= 0.3 is 0 Å². The van der Waals surface area contributed by atoms with E-state index in [1.54, 1.807) is 0 Å². The van der Waals surface area contributed by atoms with Gasteiger partial charge in [-0.25, -0.2) is 10.0 Å². The lowest BCUT2D eigenvalue weighted by atomic mass is 9.80. The van der Waals surface area contributed by atoms with Crippen LogP contribution in [0.25, 0.3) is 0 Å². The van der Waals surface area contributed by atoms with Gasteiger partial charge in [-0.1, -0.05) is 30.3 Å². The number of nitrogens with zero attached hydrogens (tertiary/aromatic N) is 3. The summed E-state index contributed by atoms with van der Waals surface area (Å²) >= 11 is 0. The first kappa shape index (κ1) is 15.4. The number of hydrazine groups is 1. The van der Waals surface area contributed by atoms with Crippen molar-refractivity contribution < 1.29 is 4.92 Å². The van der Waals surface area contributed by atoms with E-state index in [0.29, 0.717) is 18.0 Å². The fourth-order valence-corrected chi connectivity index (χ4v) is 4.21. The average Bonchev–Trinajstić information content (AvgIpc) is 2.84. The highest BCUT2D eigenvalue weighted by Crippen LogP contribution is 2.41. The first-order chi connectivity index (χ1) is 10.6. The highest BCUT2D eigenvalue weighted by atomic mass is 16.6. The van der Waals surface area contributed by atoms with Crippen LogP contribution >= 0.6 is 0 Å². The second-order valence-corrected chi connectivity index (χ2v) is 6.73. The lowest BCUT2D eigenvalue weighted by Crippen LogP contribution is -2.41. The van der Waals surface area contributed by atoms with Crippen molar-refractivity contribution >= 4 is 0 Å². The van der Waals surface area contributed by atoms with E-state index in [0.717, 1.165) is 32.1 Å². The maximum Gasteiger partial charge on any atom is 0.213 e. The Morgan fingerprint density at radius 3 is 2.27 bits per heavy atom. The second-order valence-electron chi connectivity index (χ2n) is 6.73. The summed E-state index contributed by atoms with van der Waals surface area (Å²) in [6.45, 7) is 0. The Morgan fingerprint density at radius 1 is 1.05 bits per heavy atom. The second kappa shape index (κ2) is 6.34. The van der Waals surface area contributed by atoms with Crippen molar-refractivity contribution in [1.82, 2.24) is 10.0 Å². The largest absolute Gasteiger partial charge is 0.264 e. The van der Waals surface area contributed by atoms with Crippen LogP contribution in [0.3, 0.4) is 0 Å². The molecule has 5 nitrogen and oxygen atoms in total. The zero-order valence-corrected chi connectivity index (χ0v) is 13.4. The summed E-state index contributed by atoms with van der Waals surface area (Å²) in [4.78, 5) is 10.8. The summed E-state index contributed by atoms with van der Waals surface area (Å²) in [7, 11) is 4.31. The highest BCUT2D eigenvalue weighted by molar-refractivity contribution is 5.20. The van der Waals surface area contributed by atoms with Crippen molar-refractivity contribution in [3.8, 4) is 0 Å². The fraction of sp³-hybridized carbons (Fsp3) is 0.647. The molecule has 22 heavy (non-hydrogen) atoms. The number of hydrogen-bond acceptors (Lipinski definition) is 4. The third-order valence-corrected chi connectivity index (χ3v) is 5.66. The molecule has 1 aromatic carbocycles. The van der Waals surface area contributed by atoms with E-state index in [2.05, 4.69) is 54.4 Å². The zero-order chi connectivity index (χ0) is 15.7. The quantitative estimate of drug-likeness (QED) is 0.636. The number of nitro groups is 1. The van der Waals surface area contributed by atoms with Gasteiger partial charge in [-0.15, -0.1) is 0 Å². The first-order valence-corrected chi connectivity index (χ1v) is 8.22. The molecule has 120 valence electrons. The van der Waals surface area contributed by atoms with Crippen molar-refractivity contribution in [2.45, 2.75) is 50.2 Å². The first-order valence-electron chi connectivity index (χ1n) is 8.22. The third-order valence-electron chi connectivity index (χ3n) is 5.66. The topological polar surface area (TPSA) is 49.6 Å². The monoisotopic (exact) mass is 303 g/mol. The molecule has 2 unspecified atom stereocenters. The molecular weight excluding hydrogens is 278 g/mol. The van der Waals surface area contributed by atoms with Crippen LogP contribution in [-0.4, -0.2) is 41.1 Å². The van der Waals surface area contributed by atoms with E-state index >= 15 is 0 Å². The maximum absolute atomic E-state index is 10.9. The minimum absolute atomic E-state index is 0.0898. The molecule has 1 saturated carbocycles. The van der Waals surface area contributed by atoms with Gasteiger partial charge in [0.15, 0.2) is 0 Å². The molecule has 0 aromatic heterocycles. The van der Waals surface area contributed by atoms with Crippen LogP contribution in [0.15, 0.2) is 30.3 Å². The standard InChI is InChI=1S/C17H25N3O2/c1-18-16(13-6-4-3-5-7-13)12-17(19(18)2)14-8-10-15(11-9-14)20(21)22/h3-7,14-17H,8-12H2,1-2H3. The molecule has 1 aliphatic heterocycles. The van der Waals surface area contributed by atoms with E-state index in [1.807, 2.05) is 0 Å². The molecule has 1 aromatic rings. The molecule has 3 rings (SSSR count). The molecule has 5 heteroatoms. The normalized spacial score (nSPS) is 33.9. The van der Waals surface area contributed by atoms with E-state index in [9.17, 15) is 10.1 Å². The molecule has 1 aliphatic carbocycles. The SMILES string of the molecule is CN1C(c2ccccc2)CC(C2CCC([N+](=O)[O-])CC2)N1C. The number of benzene rings is 1. The third kappa shape index (κ3) is 2.88. The smallest absolute Gasteiger partial charge is 0.213 e. The van der Waals surface area contributed by atoms with Crippen LogP contribution in [0, 0.1) is 16.0 Å². The Morgan fingerprint density at radius 2 is 1.68 bits per heavy atom.